The first-order valence-corrected chi connectivity index (χ1v) is 5.78. The van der Waals surface area contributed by atoms with E-state index in [2.05, 4.69) is 5.32 Å². The van der Waals surface area contributed by atoms with Crippen LogP contribution in [0.15, 0.2) is 24.3 Å². The van der Waals surface area contributed by atoms with Crippen molar-refractivity contribution in [3.05, 3.63) is 35.4 Å². The Labute approximate surface area is 106 Å². The molecule has 0 aliphatic heterocycles. The predicted molar refractivity (Wildman–Crippen MR) is 67.7 cm³/mol. The van der Waals surface area contributed by atoms with Gasteiger partial charge in [0.1, 0.15) is 6.10 Å². The Balaban J connectivity index is 2.29. The Morgan fingerprint density at radius 1 is 1.33 bits per heavy atom. The highest BCUT2D eigenvalue weighted by atomic mass is 16.3. The number of carbonyl (C=O) groups is 2. The highest BCUT2D eigenvalue weighted by Crippen LogP contribution is 2.05. The first kappa shape index (κ1) is 14.2. The van der Waals surface area contributed by atoms with Crippen molar-refractivity contribution in [2.75, 3.05) is 6.54 Å². The number of rotatable bonds is 6. The van der Waals surface area contributed by atoms with Crippen LogP contribution in [0, 0.1) is 6.92 Å². The van der Waals surface area contributed by atoms with E-state index >= 15 is 0 Å². The van der Waals surface area contributed by atoms with Gasteiger partial charge < -0.3 is 16.2 Å². The summed E-state index contributed by atoms with van der Waals surface area (Å²) in [5.41, 5.74) is 7.11. The summed E-state index contributed by atoms with van der Waals surface area (Å²) in [6, 6.07) is 7.93. The molecule has 18 heavy (non-hydrogen) atoms. The van der Waals surface area contributed by atoms with Crippen LogP contribution in [-0.2, 0) is 16.0 Å². The largest absolute Gasteiger partial charge is 0.381 e. The zero-order chi connectivity index (χ0) is 13.5. The fourth-order valence-corrected chi connectivity index (χ4v) is 1.41. The van der Waals surface area contributed by atoms with E-state index in [0.717, 1.165) is 5.56 Å². The Morgan fingerprint density at radius 2 is 1.94 bits per heavy atom. The molecule has 1 unspecified atom stereocenters. The number of carbonyl (C=O) groups excluding carboxylic acids is 2. The monoisotopic (exact) mass is 250 g/mol. The molecular weight excluding hydrogens is 232 g/mol. The lowest BCUT2D eigenvalue weighted by atomic mass is 10.1. The maximum absolute atomic E-state index is 11.4. The van der Waals surface area contributed by atoms with Gasteiger partial charge in [-0.25, -0.2) is 0 Å². The van der Waals surface area contributed by atoms with E-state index in [-0.39, 0.29) is 12.5 Å². The van der Waals surface area contributed by atoms with Crippen molar-refractivity contribution in [1.82, 2.24) is 5.32 Å². The van der Waals surface area contributed by atoms with E-state index in [1.165, 1.54) is 5.56 Å². The quantitative estimate of drug-likeness (QED) is 0.657. The minimum atomic E-state index is -1.33. The van der Waals surface area contributed by atoms with Gasteiger partial charge in [0.15, 0.2) is 0 Å². The molecule has 0 saturated carbocycles. The van der Waals surface area contributed by atoms with Crippen molar-refractivity contribution < 1.29 is 14.7 Å². The predicted octanol–water partition coefficient (Wildman–Crippen LogP) is -0.110. The maximum atomic E-state index is 11.4. The van der Waals surface area contributed by atoms with E-state index < -0.39 is 12.0 Å². The van der Waals surface area contributed by atoms with Crippen LogP contribution in [0.1, 0.15) is 17.5 Å². The van der Waals surface area contributed by atoms with Gasteiger partial charge in [-0.05, 0) is 18.9 Å². The molecule has 0 spiro atoms. The third kappa shape index (κ3) is 4.97. The second kappa shape index (κ2) is 6.76. The minimum absolute atomic E-state index is 0.137. The molecule has 4 N–H and O–H groups in total. The van der Waals surface area contributed by atoms with Crippen LogP contribution in [0.3, 0.4) is 0 Å². The number of primary amides is 1. The van der Waals surface area contributed by atoms with Crippen LogP contribution in [0.5, 0.6) is 0 Å². The average molecular weight is 250 g/mol. The van der Waals surface area contributed by atoms with Gasteiger partial charge in [-0.3, -0.25) is 9.59 Å². The standard InChI is InChI=1S/C13H18N2O3/c1-9-2-4-10(5-3-9)6-7-12(17)15-8-11(16)13(14)18/h2-5,11,16H,6-8H2,1H3,(H2,14,18)(H,15,17). The van der Waals surface area contributed by atoms with Crippen molar-refractivity contribution in [2.45, 2.75) is 25.9 Å². The van der Waals surface area contributed by atoms with Crippen LogP contribution in [-0.4, -0.2) is 29.6 Å². The molecule has 1 aromatic carbocycles. The van der Waals surface area contributed by atoms with Gasteiger partial charge in [0.25, 0.3) is 0 Å². The third-order valence-corrected chi connectivity index (χ3v) is 2.58. The molecule has 0 bridgehead atoms. The van der Waals surface area contributed by atoms with Crippen molar-refractivity contribution in [3.63, 3.8) is 0 Å². The summed E-state index contributed by atoms with van der Waals surface area (Å²) in [6.07, 6.45) is -0.388. The first-order valence-electron chi connectivity index (χ1n) is 5.78. The smallest absolute Gasteiger partial charge is 0.248 e. The van der Waals surface area contributed by atoms with Crippen LogP contribution in [0.2, 0.25) is 0 Å². The number of aliphatic hydroxyl groups is 1. The van der Waals surface area contributed by atoms with Gasteiger partial charge >= 0.3 is 0 Å². The second-order valence-corrected chi connectivity index (χ2v) is 4.21. The molecule has 0 heterocycles. The van der Waals surface area contributed by atoms with Crippen LogP contribution >= 0.6 is 0 Å². The molecule has 5 nitrogen and oxygen atoms in total. The molecule has 1 atom stereocenters. The third-order valence-electron chi connectivity index (χ3n) is 2.58. The first-order chi connectivity index (χ1) is 8.49. The lowest BCUT2D eigenvalue weighted by Gasteiger charge is -2.08. The van der Waals surface area contributed by atoms with Crippen LogP contribution in [0.4, 0.5) is 0 Å². The Bertz CT molecular complexity index is 415. The van der Waals surface area contributed by atoms with Gasteiger partial charge in [0.05, 0.1) is 6.54 Å². The summed E-state index contributed by atoms with van der Waals surface area (Å²) in [7, 11) is 0. The number of amides is 2. The molecule has 0 radical (unpaired) electrons. The molecule has 0 aliphatic rings. The molecular formula is C13H18N2O3. The topological polar surface area (TPSA) is 92.4 Å². The van der Waals surface area contributed by atoms with Crippen molar-refractivity contribution in [3.8, 4) is 0 Å². The zero-order valence-electron chi connectivity index (χ0n) is 10.3. The molecule has 1 rings (SSSR count). The Kier molecular flexibility index (Phi) is 5.32. The summed E-state index contributed by atoms with van der Waals surface area (Å²) in [5.74, 6) is -1.05. The Morgan fingerprint density at radius 3 is 2.50 bits per heavy atom. The number of hydrogen-bond donors (Lipinski definition) is 3. The number of hydrogen-bond acceptors (Lipinski definition) is 3. The molecule has 2 amide bonds. The Hall–Kier alpha value is -1.88. The van der Waals surface area contributed by atoms with E-state index in [1.54, 1.807) is 0 Å². The normalized spacial score (nSPS) is 11.9. The molecule has 0 saturated heterocycles. The number of nitrogens with two attached hydrogens (primary N) is 1. The van der Waals surface area contributed by atoms with E-state index in [4.69, 9.17) is 10.8 Å². The summed E-state index contributed by atoms with van der Waals surface area (Å²) in [5, 5.41) is 11.6. The van der Waals surface area contributed by atoms with Crippen molar-refractivity contribution in [1.29, 1.82) is 0 Å². The summed E-state index contributed by atoms with van der Waals surface area (Å²) >= 11 is 0. The van der Waals surface area contributed by atoms with E-state index in [9.17, 15) is 9.59 Å². The minimum Gasteiger partial charge on any atom is -0.381 e. The SMILES string of the molecule is Cc1ccc(CCC(=O)NCC(O)C(N)=O)cc1. The number of aryl methyl sites for hydroxylation is 2. The second-order valence-electron chi connectivity index (χ2n) is 4.21. The zero-order valence-corrected chi connectivity index (χ0v) is 10.3. The molecule has 1 aromatic rings. The number of benzene rings is 1. The molecule has 0 aromatic heterocycles. The highest BCUT2D eigenvalue weighted by Gasteiger charge is 2.11. The van der Waals surface area contributed by atoms with E-state index in [0.29, 0.717) is 12.8 Å². The fourth-order valence-electron chi connectivity index (χ4n) is 1.41. The highest BCUT2D eigenvalue weighted by molar-refractivity contribution is 5.81. The van der Waals surface area contributed by atoms with Gasteiger partial charge in [-0.15, -0.1) is 0 Å². The molecule has 5 heteroatoms. The number of aliphatic hydroxyl groups excluding tert-OH is 1. The van der Waals surface area contributed by atoms with Gasteiger partial charge in [0.2, 0.25) is 11.8 Å². The van der Waals surface area contributed by atoms with Crippen LogP contribution in [0.25, 0.3) is 0 Å². The molecule has 0 fully saturated rings. The maximum Gasteiger partial charge on any atom is 0.248 e. The lowest BCUT2D eigenvalue weighted by molar-refractivity contribution is -0.127. The van der Waals surface area contributed by atoms with Crippen LogP contribution < -0.4 is 11.1 Å². The average Bonchev–Trinajstić information content (AvgIpc) is 2.35. The summed E-state index contributed by atoms with van der Waals surface area (Å²) in [6.45, 7) is 1.86. The van der Waals surface area contributed by atoms with Gasteiger partial charge in [-0.1, -0.05) is 29.8 Å². The summed E-state index contributed by atoms with van der Waals surface area (Å²) in [4.78, 5) is 22.0. The summed E-state index contributed by atoms with van der Waals surface area (Å²) < 4.78 is 0. The lowest BCUT2D eigenvalue weighted by Crippen LogP contribution is -2.40. The van der Waals surface area contributed by atoms with Gasteiger partial charge in [0, 0.05) is 6.42 Å². The van der Waals surface area contributed by atoms with E-state index in [1.807, 2.05) is 31.2 Å². The molecule has 0 aliphatic carbocycles. The van der Waals surface area contributed by atoms with Crippen molar-refractivity contribution in [2.24, 2.45) is 5.73 Å². The fraction of sp³-hybridized carbons (Fsp3) is 0.385. The van der Waals surface area contributed by atoms with Gasteiger partial charge in [-0.2, -0.15) is 0 Å². The number of nitrogens with one attached hydrogen (secondary N) is 1. The molecule has 98 valence electrons. The van der Waals surface area contributed by atoms with Crippen molar-refractivity contribution >= 4 is 11.8 Å².